The van der Waals surface area contributed by atoms with Crippen LogP contribution in [0.15, 0.2) is 18.2 Å². The standard InChI is InChI=1S/C16H17NO4/c1-7-2-3-11(18)10(4-7)17-15(19)13-8-5-9-12(6-8)21-16(20)14(9)13/h2-4,8-9,12-14,18H,5-6H2,1H3,(H,17,19)/t8-,9-,12-,13-,14+/m1/s1. The van der Waals surface area contributed by atoms with Crippen LogP contribution in [0.4, 0.5) is 5.69 Å². The zero-order chi connectivity index (χ0) is 14.7. The summed E-state index contributed by atoms with van der Waals surface area (Å²) in [7, 11) is 0. The third-order valence-electron chi connectivity index (χ3n) is 5.20. The Morgan fingerprint density at radius 3 is 3.00 bits per heavy atom. The van der Waals surface area contributed by atoms with Gasteiger partial charge in [-0.25, -0.2) is 0 Å². The third kappa shape index (κ3) is 1.76. The predicted octanol–water partition coefficient (Wildman–Crippen LogP) is 1.84. The molecule has 0 aromatic heterocycles. The van der Waals surface area contributed by atoms with E-state index in [9.17, 15) is 14.7 Å². The number of phenols is 1. The normalized spacial score (nSPS) is 35.9. The number of phenolic OH excluding ortho intramolecular Hbond substituents is 1. The zero-order valence-electron chi connectivity index (χ0n) is 11.7. The van der Waals surface area contributed by atoms with E-state index in [1.54, 1.807) is 18.2 Å². The van der Waals surface area contributed by atoms with Gasteiger partial charge in [-0.3, -0.25) is 9.59 Å². The first-order valence-corrected chi connectivity index (χ1v) is 7.35. The summed E-state index contributed by atoms with van der Waals surface area (Å²) in [5, 5.41) is 12.6. The summed E-state index contributed by atoms with van der Waals surface area (Å²) < 4.78 is 5.34. The number of benzene rings is 1. The van der Waals surface area contributed by atoms with Gasteiger partial charge in [-0.15, -0.1) is 0 Å². The second-order valence-electron chi connectivity index (χ2n) is 6.43. The molecular formula is C16H17NO4. The van der Waals surface area contributed by atoms with Crippen molar-refractivity contribution in [2.45, 2.75) is 25.9 Å². The van der Waals surface area contributed by atoms with Crippen molar-refractivity contribution >= 4 is 17.6 Å². The molecular weight excluding hydrogens is 270 g/mol. The molecule has 1 amide bonds. The second-order valence-corrected chi connectivity index (χ2v) is 6.43. The lowest BCUT2D eigenvalue weighted by Gasteiger charge is -2.23. The minimum absolute atomic E-state index is 0.0314. The molecule has 1 heterocycles. The highest BCUT2D eigenvalue weighted by molar-refractivity contribution is 5.97. The van der Waals surface area contributed by atoms with Gasteiger partial charge in [0.05, 0.1) is 17.5 Å². The van der Waals surface area contributed by atoms with Gasteiger partial charge in [-0.05, 0) is 43.4 Å². The quantitative estimate of drug-likeness (QED) is 0.643. The Hall–Kier alpha value is -2.04. The number of rotatable bonds is 2. The van der Waals surface area contributed by atoms with Gasteiger partial charge in [0, 0.05) is 5.92 Å². The van der Waals surface area contributed by atoms with Gasteiger partial charge >= 0.3 is 5.97 Å². The van der Waals surface area contributed by atoms with Gasteiger partial charge in [0.1, 0.15) is 11.9 Å². The summed E-state index contributed by atoms with van der Waals surface area (Å²) in [6.07, 6.45) is 1.73. The van der Waals surface area contributed by atoms with Crippen molar-refractivity contribution in [3.63, 3.8) is 0 Å². The predicted molar refractivity (Wildman–Crippen MR) is 74.5 cm³/mol. The molecule has 5 atom stereocenters. The summed E-state index contributed by atoms with van der Waals surface area (Å²) in [5.74, 6) is -0.525. The number of amides is 1. The number of ether oxygens (including phenoxy) is 1. The molecule has 2 saturated carbocycles. The minimum Gasteiger partial charge on any atom is -0.506 e. The third-order valence-corrected chi connectivity index (χ3v) is 5.20. The van der Waals surface area contributed by atoms with Gasteiger partial charge in [-0.2, -0.15) is 0 Å². The van der Waals surface area contributed by atoms with Crippen LogP contribution >= 0.6 is 0 Å². The molecule has 1 aliphatic heterocycles. The fourth-order valence-corrected chi connectivity index (χ4v) is 4.33. The minimum atomic E-state index is -0.318. The smallest absolute Gasteiger partial charge is 0.310 e. The van der Waals surface area contributed by atoms with Crippen molar-refractivity contribution in [3.05, 3.63) is 23.8 Å². The Balaban J connectivity index is 1.58. The van der Waals surface area contributed by atoms with Crippen LogP contribution in [0.25, 0.3) is 0 Å². The van der Waals surface area contributed by atoms with Crippen molar-refractivity contribution in [1.82, 2.24) is 0 Å². The summed E-state index contributed by atoms with van der Waals surface area (Å²) in [6.45, 7) is 1.89. The summed E-state index contributed by atoms with van der Waals surface area (Å²) >= 11 is 0. The first kappa shape index (κ1) is 12.7. The van der Waals surface area contributed by atoms with Crippen LogP contribution in [0, 0.1) is 30.6 Å². The molecule has 3 fully saturated rings. The fraction of sp³-hybridized carbons (Fsp3) is 0.500. The van der Waals surface area contributed by atoms with Crippen LogP contribution < -0.4 is 5.32 Å². The molecule has 0 unspecified atom stereocenters. The molecule has 110 valence electrons. The van der Waals surface area contributed by atoms with E-state index in [2.05, 4.69) is 5.32 Å². The highest BCUT2D eigenvalue weighted by Crippen LogP contribution is 2.57. The number of anilines is 1. The molecule has 4 rings (SSSR count). The van der Waals surface area contributed by atoms with Gasteiger partial charge in [0.25, 0.3) is 0 Å². The number of hydrogen-bond acceptors (Lipinski definition) is 4. The highest BCUT2D eigenvalue weighted by Gasteiger charge is 2.63. The average Bonchev–Trinajstić information content (AvgIpc) is 3.03. The summed E-state index contributed by atoms with van der Waals surface area (Å²) in [4.78, 5) is 24.5. The molecule has 1 saturated heterocycles. The molecule has 0 spiro atoms. The summed E-state index contributed by atoms with van der Waals surface area (Å²) in [6, 6.07) is 5.07. The van der Waals surface area contributed by atoms with E-state index in [1.165, 1.54) is 0 Å². The van der Waals surface area contributed by atoms with E-state index >= 15 is 0 Å². The van der Waals surface area contributed by atoms with Crippen molar-refractivity contribution in [3.8, 4) is 5.75 Å². The molecule has 3 aliphatic rings. The largest absolute Gasteiger partial charge is 0.506 e. The topological polar surface area (TPSA) is 75.6 Å². The maximum Gasteiger partial charge on any atom is 0.310 e. The van der Waals surface area contributed by atoms with Crippen molar-refractivity contribution in [1.29, 1.82) is 0 Å². The van der Waals surface area contributed by atoms with Crippen LogP contribution in [0.5, 0.6) is 5.75 Å². The number of aromatic hydroxyl groups is 1. The molecule has 2 bridgehead atoms. The first-order chi connectivity index (χ1) is 10.0. The fourth-order valence-electron chi connectivity index (χ4n) is 4.33. The highest BCUT2D eigenvalue weighted by atomic mass is 16.6. The van der Waals surface area contributed by atoms with Crippen molar-refractivity contribution in [2.24, 2.45) is 23.7 Å². The molecule has 5 nitrogen and oxygen atoms in total. The van der Waals surface area contributed by atoms with E-state index in [4.69, 9.17) is 4.74 Å². The molecule has 21 heavy (non-hydrogen) atoms. The van der Waals surface area contributed by atoms with Crippen molar-refractivity contribution < 1.29 is 19.4 Å². The Morgan fingerprint density at radius 1 is 1.38 bits per heavy atom. The molecule has 2 N–H and O–H groups in total. The number of carbonyl (C=O) groups is 2. The second kappa shape index (κ2) is 4.23. The number of aryl methyl sites for hydroxylation is 1. The van der Waals surface area contributed by atoms with Crippen LogP contribution in [0.1, 0.15) is 18.4 Å². The van der Waals surface area contributed by atoms with Crippen LogP contribution in [0.2, 0.25) is 0 Å². The van der Waals surface area contributed by atoms with Gasteiger partial charge in [0.2, 0.25) is 5.91 Å². The number of nitrogens with one attached hydrogen (secondary N) is 1. The van der Waals surface area contributed by atoms with E-state index < -0.39 is 0 Å². The number of hydrogen-bond donors (Lipinski definition) is 2. The Kier molecular flexibility index (Phi) is 2.55. The number of esters is 1. The molecule has 5 heteroatoms. The Morgan fingerprint density at radius 2 is 2.19 bits per heavy atom. The lowest BCUT2D eigenvalue weighted by atomic mass is 9.79. The molecule has 0 radical (unpaired) electrons. The summed E-state index contributed by atoms with van der Waals surface area (Å²) in [5.41, 5.74) is 1.36. The van der Waals surface area contributed by atoms with Gasteiger partial charge < -0.3 is 15.2 Å². The van der Waals surface area contributed by atoms with E-state index in [0.29, 0.717) is 5.69 Å². The Bertz CT molecular complexity index is 639. The lowest BCUT2D eigenvalue weighted by molar-refractivity contribution is -0.145. The van der Waals surface area contributed by atoms with E-state index in [1.807, 2.05) is 6.92 Å². The SMILES string of the molecule is Cc1ccc(O)c(NC(=O)[C@@H]2[C@@H]3C[C@H]4[C@@H]2C(=O)O[C@@H]4C3)c1. The first-order valence-electron chi connectivity index (χ1n) is 7.35. The van der Waals surface area contributed by atoms with Gasteiger partial charge in [-0.1, -0.05) is 6.07 Å². The number of carbonyl (C=O) groups excluding carboxylic acids is 2. The van der Waals surface area contributed by atoms with Crippen molar-refractivity contribution in [2.75, 3.05) is 5.32 Å². The molecule has 1 aromatic rings. The number of fused-ring (bicyclic) bond motifs is 1. The van der Waals surface area contributed by atoms with E-state index in [-0.39, 0.29) is 47.4 Å². The van der Waals surface area contributed by atoms with Crippen LogP contribution in [-0.2, 0) is 14.3 Å². The maximum absolute atomic E-state index is 12.6. The van der Waals surface area contributed by atoms with Crippen LogP contribution in [-0.4, -0.2) is 23.1 Å². The Labute approximate surface area is 122 Å². The van der Waals surface area contributed by atoms with E-state index in [0.717, 1.165) is 18.4 Å². The monoisotopic (exact) mass is 287 g/mol. The lowest BCUT2D eigenvalue weighted by Crippen LogP contribution is -2.35. The average molecular weight is 287 g/mol. The maximum atomic E-state index is 12.6. The molecule has 2 aliphatic carbocycles. The van der Waals surface area contributed by atoms with Crippen LogP contribution in [0.3, 0.4) is 0 Å². The molecule has 1 aromatic carbocycles. The van der Waals surface area contributed by atoms with Gasteiger partial charge in [0.15, 0.2) is 0 Å². The zero-order valence-corrected chi connectivity index (χ0v) is 11.7.